The molecule has 0 aliphatic carbocycles. The minimum absolute atomic E-state index is 0.831. The largest absolute Gasteiger partial charge is 0.380 e. The first kappa shape index (κ1) is 11.7. The second kappa shape index (κ2) is 10.7. The van der Waals surface area contributed by atoms with Crippen molar-refractivity contribution in [3.05, 3.63) is 12.7 Å². The molecule has 0 rings (SSSR count). The van der Waals surface area contributed by atoms with Crippen LogP contribution in [0.2, 0.25) is 0 Å². The summed E-state index contributed by atoms with van der Waals surface area (Å²) >= 11 is 0. The zero-order valence-corrected chi connectivity index (χ0v) is 8.14. The molecule has 1 N–H and O–H groups in total. The summed E-state index contributed by atoms with van der Waals surface area (Å²) in [5.74, 6) is 0. The summed E-state index contributed by atoms with van der Waals surface area (Å²) in [5, 5.41) is 3.04. The van der Waals surface area contributed by atoms with E-state index >= 15 is 0 Å². The molecule has 0 unspecified atom stereocenters. The highest BCUT2D eigenvalue weighted by molar-refractivity contribution is 4.65. The lowest BCUT2D eigenvalue weighted by atomic mass is 10.2. The number of hydrogen-bond donors (Lipinski definition) is 1. The fraction of sp³-hybridized carbons (Fsp3) is 0.800. The molecule has 0 heterocycles. The molecule has 12 heavy (non-hydrogen) atoms. The second-order valence-corrected chi connectivity index (χ2v) is 2.85. The van der Waals surface area contributed by atoms with Crippen molar-refractivity contribution < 1.29 is 4.74 Å². The third-order valence-electron chi connectivity index (χ3n) is 1.69. The molecule has 0 aromatic carbocycles. The van der Waals surface area contributed by atoms with Gasteiger partial charge < -0.3 is 10.1 Å². The first-order valence-electron chi connectivity index (χ1n) is 4.75. The van der Waals surface area contributed by atoms with Crippen LogP contribution >= 0.6 is 0 Å². The summed E-state index contributed by atoms with van der Waals surface area (Å²) in [6.45, 7) is 6.36. The third-order valence-corrected chi connectivity index (χ3v) is 1.69. The van der Waals surface area contributed by atoms with Crippen molar-refractivity contribution in [1.29, 1.82) is 0 Å². The standard InChI is InChI=1S/C10H21NO/c1-3-4-5-6-7-9-12-10-8-11-2/h3,11H,1,4-10H2,2H3. The third kappa shape index (κ3) is 9.66. The average Bonchev–Trinajstić information content (AvgIpc) is 2.10. The van der Waals surface area contributed by atoms with E-state index in [1.54, 1.807) is 0 Å². The molecule has 0 amide bonds. The Morgan fingerprint density at radius 2 is 2.08 bits per heavy atom. The first-order chi connectivity index (χ1) is 5.91. The van der Waals surface area contributed by atoms with Gasteiger partial charge in [0.2, 0.25) is 0 Å². The summed E-state index contributed by atoms with van der Waals surface area (Å²) in [7, 11) is 1.94. The number of ether oxygens (including phenoxy) is 1. The Labute approximate surface area is 76.0 Å². The molecular weight excluding hydrogens is 150 g/mol. The van der Waals surface area contributed by atoms with Crippen LogP contribution in [0.25, 0.3) is 0 Å². The number of likely N-dealkylation sites (N-methyl/N-ethyl adjacent to an activating group) is 1. The molecule has 2 nitrogen and oxygen atoms in total. The molecule has 0 atom stereocenters. The van der Waals surface area contributed by atoms with Crippen LogP contribution in [0.5, 0.6) is 0 Å². The maximum absolute atomic E-state index is 5.37. The van der Waals surface area contributed by atoms with Crippen molar-refractivity contribution in [1.82, 2.24) is 5.32 Å². The van der Waals surface area contributed by atoms with E-state index in [1.807, 2.05) is 13.1 Å². The van der Waals surface area contributed by atoms with E-state index in [-0.39, 0.29) is 0 Å². The smallest absolute Gasteiger partial charge is 0.0590 e. The van der Waals surface area contributed by atoms with Crippen molar-refractivity contribution in [2.24, 2.45) is 0 Å². The minimum Gasteiger partial charge on any atom is -0.380 e. The van der Waals surface area contributed by atoms with E-state index in [0.29, 0.717) is 0 Å². The van der Waals surface area contributed by atoms with Crippen LogP contribution < -0.4 is 5.32 Å². The van der Waals surface area contributed by atoms with Crippen molar-refractivity contribution in [2.45, 2.75) is 25.7 Å². The highest BCUT2D eigenvalue weighted by Crippen LogP contribution is 1.99. The summed E-state index contributed by atoms with van der Waals surface area (Å²) in [6.07, 6.45) is 6.79. The van der Waals surface area contributed by atoms with E-state index < -0.39 is 0 Å². The normalized spacial score (nSPS) is 10.1. The molecule has 0 aliphatic rings. The second-order valence-electron chi connectivity index (χ2n) is 2.85. The van der Waals surface area contributed by atoms with Crippen LogP contribution in [0, 0.1) is 0 Å². The highest BCUT2D eigenvalue weighted by atomic mass is 16.5. The number of allylic oxidation sites excluding steroid dienone is 1. The fourth-order valence-electron chi connectivity index (χ4n) is 0.946. The minimum atomic E-state index is 0.831. The van der Waals surface area contributed by atoms with Gasteiger partial charge >= 0.3 is 0 Å². The zero-order chi connectivity index (χ0) is 9.07. The molecule has 0 spiro atoms. The van der Waals surface area contributed by atoms with Gasteiger partial charge in [0.25, 0.3) is 0 Å². The molecule has 0 aromatic heterocycles. The molecule has 0 saturated carbocycles. The fourth-order valence-corrected chi connectivity index (χ4v) is 0.946. The lowest BCUT2D eigenvalue weighted by molar-refractivity contribution is 0.133. The van der Waals surface area contributed by atoms with Crippen LogP contribution in [-0.4, -0.2) is 26.8 Å². The topological polar surface area (TPSA) is 21.3 Å². The molecule has 0 aromatic rings. The van der Waals surface area contributed by atoms with E-state index in [9.17, 15) is 0 Å². The van der Waals surface area contributed by atoms with Gasteiger partial charge in [-0.25, -0.2) is 0 Å². The van der Waals surface area contributed by atoms with E-state index in [4.69, 9.17) is 4.74 Å². The predicted molar refractivity (Wildman–Crippen MR) is 53.4 cm³/mol. The molecule has 0 radical (unpaired) electrons. The number of nitrogens with one attached hydrogen (secondary N) is 1. The van der Waals surface area contributed by atoms with Crippen LogP contribution in [0.15, 0.2) is 12.7 Å². The van der Waals surface area contributed by atoms with E-state index in [1.165, 1.54) is 19.3 Å². The zero-order valence-electron chi connectivity index (χ0n) is 8.14. The van der Waals surface area contributed by atoms with Crippen LogP contribution in [0.1, 0.15) is 25.7 Å². The Balaban J connectivity index is 2.77. The molecule has 2 heteroatoms. The van der Waals surface area contributed by atoms with Gasteiger partial charge in [0.05, 0.1) is 6.61 Å². The maximum Gasteiger partial charge on any atom is 0.0590 e. The highest BCUT2D eigenvalue weighted by Gasteiger charge is 1.88. The van der Waals surface area contributed by atoms with Crippen LogP contribution in [0.4, 0.5) is 0 Å². The van der Waals surface area contributed by atoms with Crippen molar-refractivity contribution >= 4 is 0 Å². The van der Waals surface area contributed by atoms with Gasteiger partial charge in [-0.2, -0.15) is 0 Å². The molecule has 0 bridgehead atoms. The van der Waals surface area contributed by atoms with Crippen LogP contribution in [0.3, 0.4) is 0 Å². The number of unbranched alkanes of at least 4 members (excludes halogenated alkanes) is 3. The summed E-state index contributed by atoms with van der Waals surface area (Å²) in [6, 6.07) is 0. The summed E-state index contributed by atoms with van der Waals surface area (Å²) in [4.78, 5) is 0. The Hall–Kier alpha value is -0.340. The Kier molecular flexibility index (Phi) is 10.4. The van der Waals surface area contributed by atoms with Crippen molar-refractivity contribution in [3.8, 4) is 0 Å². The van der Waals surface area contributed by atoms with Gasteiger partial charge in [0.1, 0.15) is 0 Å². The van der Waals surface area contributed by atoms with Gasteiger partial charge in [-0.1, -0.05) is 12.5 Å². The Bertz CT molecular complexity index is 93.8. The Morgan fingerprint density at radius 1 is 1.25 bits per heavy atom. The lowest BCUT2D eigenvalue weighted by Gasteiger charge is -2.02. The first-order valence-corrected chi connectivity index (χ1v) is 4.75. The number of hydrogen-bond acceptors (Lipinski definition) is 2. The van der Waals surface area contributed by atoms with Gasteiger partial charge in [0.15, 0.2) is 0 Å². The Morgan fingerprint density at radius 3 is 2.75 bits per heavy atom. The van der Waals surface area contributed by atoms with Gasteiger partial charge in [-0.3, -0.25) is 0 Å². The number of rotatable bonds is 9. The lowest BCUT2D eigenvalue weighted by Crippen LogP contribution is -2.14. The van der Waals surface area contributed by atoms with Crippen LogP contribution in [-0.2, 0) is 4.74 Å². The predicted octanol–water partition coefficient (Wildman–Crippen LogP) is 1.97. The van der Waals surface area contributed by atoms with Gasteiger partial charge in [0, 0.05) is 13.2 Å². The van der Waals surface area contributed by atoms with Gasteiger partial charge in [-0.05, 0) is 26.3 Å². The van der Waals surface area contributed by atoms with E-state index in [0.717, 1.165) is 26.2 Å². The van der Waals surface area contributed by atoms with Crippen molar-refractivity contribution in [2.75, 3.05) is 26.8 Å². The average molecular weight is 171 g/mol. The molecular formula is C10H21NO. The van der Waals surface area contributed by atoms with Crippen molar-refractivity contribution in [3.63, 3.8) is 0 Å². The monoisotopic (exact) mass is 171 g/mol. The quantitative estimate of drug-likeness (QED) is 0.423. The maximum atomic E-state index is 5.37. The SMILES string of the molecule is C=CCCCCCOCCNC. The summed E-state index contributed by atoms with van der Waals surface area (Å²) in [5.41, 5.74) is 0. The molecule has 72 valence electrons. The summed E-state index contributed by atoms with van der Waals surface area (Å²) < 4.78 is 5.37. The van der Waals surface area contributed by atoms with E-state index in [2.05, 4.69) is 11.9 Å². The molecule has 0 aliphatic heterocycles. The molecule has 0 fully saturated rings. The molecule has 0 saturated heterocycles. The van der Waals surface area contributed by atoms with Gasteiger partial charge in [-0.15, -0.1) is 6.58 Å².